The van der Waals surface area contributed by atoms with E-state index in [-0.39, 0.29) is 17.9 Å². The van der Waals surface area contributed by atoms with Crippen LogP contribution < -0.4 is 10.2 Å². The lowest BCUT2D eigenvalue weighted by atomic mass is 9.90. The van der Waals surface area contributed by atoms with Crippen LogP contribution in [-0.4, -0.2) is 65.2 Å². The summed E-state index contributed by atoms with van der Waals surface area (Å²) in [5.74, 6) is 0.151. The number of likely N-dealkylation sites (tertiary alicyclic amines) is 1. The molecule has 154 valence electrons. The zero-order chi connectivity index (χ0) is 20.0. The molecule has 5 rings (SSSR count). The topological polar surface area (TPSA) is 101 Å². The molecule has 1 spiro atoms. The van der Waals surface area contributed by atoms with Crippen molar-refractivity contribution in [2.24, 2.45) is 5.92 Å². The number of rotatable bonds is 2. The summed E-state index contributed by atoms with van der Waals surface area (Å²) in [4.78, 5) is 37.5. The van der Waals surface area contributed by atoms with Crippen LogP contribution in [0.15, 0.2) is 16.5 Å². The molecule has 3 aliphatic rings. The average molecular weight is 399 g/mol. The summed E-state index contributed by atoms with van der Waals surface area (Å²) in [7, 11) is 0. The van der Waals surface area contributed by atoms with E-state index in [1.165, 1.54) is 0 Å². The Bertz CT molecular complexity index is 951. The van der Waals surface area contributed by atoms with Crippen molar-refractivity contribution in [3.8, 4) is 0 Å². The fourth-order valence-electron chi connectivity index (χ4n) is 4.63. The number of pyridine rings is 1. The second-order valence-corrected chi connectivity index (χ2v) is 8.32. The van der Waals surface area contributed by atoms with Gasteiger partial charge in [-0.15, -0.1) is 0 Å². The highest BCUT2D eigenvalue weighted by molar-refractivity contribution is 5.80. The number of anilines is 1. The Morgan fingerprint density at radius 2 is 2.07 bits per heavy atom. The lowest BCUT2D eigenvalue weighted by Crippen LogP contribution is -2.54. The molecule has 0 radical (unpaired) electrons. The highest BCUT2D eigenvalue weighted by atomic mass is 16.6. The Hall–Kier alpha value is -2.84. The first kappa shape index (κ1) is 18.2. The highest BCUT2D eigenvalue weighted by Crippen LogP contribution is 2.31. The monoisotopic (exact) mass is 399 g/mol. The Labute approximate surface area is 168 Å². The van der Waals surface area contributed by atoms with Gasteiger partial charge in [0.2, 0.25) is 11.6 Å². The third-order valence-corrected chi connectivity index (χ3v) is 6.21. The van der Waals surface area contributed by atoms with Gasteiger partial charge in [-0.3, -0.25) is 4.79 Å². The van der Waals surface area contributed by atoms with Crippen molar-refractivity contribution >= 4 is 29.2 Å². The molecule has 9 nitrogen and oxygen atoms in total. The largest absolute Gasteiger partial charge is 0.439 e. The normalized spacial score (nSPS) is 25.5. The number of fused-ring (bicyclic) bond motifs is 1. The number of piperidine rings is 2. The van der Waals surface area contributed by atoms with Gasteiger partial charge < -0.3 is 24.3 Å². The number of carbonyl (C=O) groups excluding carboxylic acids is 2. The van der Waals surface area contributed by atoms with Crippen molar-refractivity contribution in [2.45, 2.75) is 38.2 Å². The van der Waals surface area contributed by atoms with Crippen LogP contribution in [-0.2, 0) is 9.53 Å². The molecule has 0 saturated carbocycles. The zero-order valence-corrected chi connectivity index (χ0v) is 16.5. The number of nitrogens with zero attached hydrogens (tertiary/aromatic N) is 4. The van der Waals surface area contributed by atoms with Gasteiger partial charge in [-0.05, 0) is 44.7 Å². The van der Waals surface area contributed by atoms with E-state index < -0.39 is 5.60 Å². The van der Waals surface area contributed by atoms with Crippen LogP contribution in [0.5, 0.6) is 0 Å². The number of oxazole rings is 1. The zero-order valence-electron chi connectivity index (χ0n) is 16.5. The molecular formula is C20H25N5O4. The predicted octanol–water partition coefficient (Wildman–Crippen LogP) is 1.85. The van der Waals surface area contributed by atoms with Crippen molar-refractivity contribution in [2.75, 3.05) is 37.6 Å². The molecule has 9 heteroatoms. The quantitative estimate of drug-likeness (QED) is 0.822. The van der Waals surface area contributed by atoms with Crippen LogP contribution >= 0.6 is 0 Å². The standard InChI is InChI=1S/C20H25N5O4/c1-13-3-4-15-16(22-13)23-18(28-15)24-9-5-14(6-10-24)17(26)25-8-2-7-20(12-25)11-21-19(27)29-20/h3-4,14H,2,5-12H2,1H3,(H,21,27). The van der Waals surface area contributed by atoms with Crippen LogP contribution in [0.2, 0.25) is 0 Å². The number of hydrogen-bond acceptors (Lipinski definition) is 7. The minimum atomic E-state index is -0.547. The first-order valence-electron chi connectivity index (χ1n) is 10.3. The second kappa shape index (κ2) is 6.89. The van der Waals surface area contributed by atoms with Gasteiger partial charge in [0.15, 0.2) is 5.58 Å². The van der Waals surface area contributed by atoms with Crippen molar-refractivity contribution in [1.29, 1.82) is 0 Å². The molecule has 0 bridgehead atoms. The summed E-state index contributed by atoms with van der Waals surface area (Å²) in [6, 6.07) is 4.37. The lowest BCUT2D eigenvalue weighted by Gasteiger charge is -2.40. The third-order valence-electron chi connectivity index (χ3n) is 6.21. The molecule has 3 fully saturated rings. The lowest BCUT2D eigenvalue weighted by molar-refractivity contribution is -0.141. The Morgan fingerprint density at radius 1 is 1.24 bits per heavy atom. The summed E-state index contributed by atoms with van der Waals surface area (Å²) in [5, 5.41) is 2.73. The number of nitrogens with one attached hydrogen (secondary N) is 1. The van der Waals surface area contributed by atoms with Crippen molar-refractivity contribution in [1.82, 2.24) is 20.2 Å². The van der Waals surface area contributed by atoms with Crippen LogP contribution in [0, 0.1) is 12.8 Å². The Morgan fingerprint density at radius 3 is 2.83 bits per heavy atom. The van der Waals surface area contributed by atoms with Gasteiger partial charge in [-0.2, -0.15) is 4.98 Å². The summed E-state index contributed by atoms with van der Waals surface area (Å²) >= 11 is 0. The number of aryl methyl sites for hydroxylation is 1. The van der Waals surface area contributed by atoms with E-state index in [1.54, 1.807) is 0 Å². The second-order valence-electron chi connectivity index (χ2n) is 8.32. The maximum absolute atomic E-state index is 13.1. The molecule has 1 unspecified atom stereocenters. The summed E-state index contributed by atoms with van der Waals surface area (Å²) in [6.07, 6.45) is 2.79. The minimum absolute atomic E-state index is 0.0174. The molecule has 0 aromatic carbocycles. The summed E-state index contributed by atoms with van der Waals surface area (Å²) < 4.78 is 11.3. The molecule has 2 aromatic heterocycles. The number of hydrogen-bond donors (Lipinski definition) is 1. The summed E-state index contributed by atoms with van der Waals surface area (Å²) in [6.45, 7) is 5.07. The Balaban J connectivity index is 1.22. The minimum Gasteiger partial charge on any atom is -0.439 e. The molecule has 29 heavy (non-hydrogen) atoms. The highest BCUT2D eigenvalue weighted by Gasteiger charge is 2.45. The SMILES string of the molecule is Cc1ccc2oc(N3CCC(C(=O)N4CCCC5(CNC(=O)O5)C4)CC3)nc2n1. The van der Waals surface area contributed by atoms with E-state index in [1.807, 2.05) is 24.0 Å². The summed E-state index contributed by atoms with van der Waals surface area (Å²) in [5.41, 5.74) is 1.66. The maximum Gasteiger partial charge on any atom is 0.407 e. The third kappa shape index (κ3) is 3.38. The smallest absolute Gasteiger partial charge is 0.407 e. The molecule has 2 aromatic rings. The molecule has 0 aliphatic carbocycles. The number of alkyl carbamates (subject to hydrolysis) is 1. The van der Waals surface area contributed by atoms with Gasteiger partial charge in [0.25, 0.3) is 6.01 Å². The van der Waals surface area contributed by atoms with Crippen molar-refractivity contribution < 1.29 is 18.7 Å². The van der Waals surface area contributed by atoms with E-state index in [2.05, 4.69) is 20.2 Å². The van der Waals surface area contributed by atoms with Gasteiger partial charge >= 0.3 is 6.09 Å². The van der Waals surface area contributed by atoms with Crippen molar-refractivity contribution in [3.63, 3.8) is 0 Å². The van der Waals surface area contributed by atoms with Crippen LogP contribution in [0.3, 0.4) is 0 Å². The number of carbonyl (C=O) groups is 2. The first-order chi connectivity index (χ1) is 14.0. The molecule has 2 amide bonds. The van der Waals surface area contributed by atoms with Gasteiger partial charge in [-0.1, -0.05) is 0 Å². The van der Waals surface area contributed by atoms with Gasteiger partial charge in [0.05, 0.1) is 13.1 Å². The van der Waals surface area contributed by atoms with Gasteiger partial charge in [0.1, 0.15) is 5.60 Å². The van der Waals surface area contributed by atoms with Crippen molar-refractivity contribution in [3.05, 3.63) is 17.8 Å². The molecular weight excluding hydrogens is 374 g/mol. The predicted molar refractivity (Wildman–Crippen MR) is 105 cm³/mol. The van der Waals surface area contributed by atoms with E-state index in [0.29, 0.717) is 30.3 Å². The Kier molecular flexibility index (Phi) is 4.33. The first-order valence-corrected chi connectivity index (χ1v) is 10.3. The van der Waals surface area contributed by atoms with E-state index >= 15 is 0 Å². The van der Waals surface area contributed by atoms with Gasteiger partial charge in [0, 0.05) is 31.2 Å². The molecule has 1 atom stereocenters. The fourth-order valence-corrected chi connectivity index (χ4v) is 4.63. The van der Waals surface area contributed by atoms with E-state index in [9.17, 15) is 9.59 Å². The molecule has 5 heterocycles. The van der Waals surface area contributed by atoms with E-state index in [0.717, 1.165) is 51.0 Å². The molecule has 3 aliphatic heterocycles. The number of ether oxygens (including phenoxy) is 1. The molecule has 1 N–H and O–H groups in total. The number of amides is 2. The van der Waals surface area contributed by atoms with Crippen LogP contribution in [0.1, 0.15) is 31.4 Å². The van der Waals surface area contributed by atoms with Gasteiger partial charge in [-0.25, -0.2) is 9.78 Å². The average Bonchev–Trinajstić information content (AvgIpc) is 3.30. The fraction of sp³-hybridized carbons (Fsp3) is 0.600. The van der Waals surface area contributed by atoms with Crippen LogP contribution in [0.4, 0.5) is 10.8 Å². The molecule has 3 saturated heterocycles. The maximum atomic E-state index is 13.1. The van der Waals surface area contributed by atoms with Crippen LogP contribution in [0.25, 0.3) is 11.2 Å². The number of aromatic nitrogens is 2. The van der Waals surface area contributed by atoms with E-state index in [4.69, 9.17) is 9.15 Å².